The molecule has 1 aliphatic carbocycles. The lowest BCUT2D eigenvalue weighted by Gasteiger charge is -2.39. The first-order valence-corrected chi connectivity index (χ1v) is 14.0. The number of nitrogens with zero attached hydrogens (tertiary/aromatic N) is 3. The minimum atomic E-state index is -0.548. The molecule has 3 unspecified atom stereocenters. The van der Waals surface area contributed by atoms with Crippen LogP contribution in [0, 0.1) is 17.8 Å². The van der Waals surface area contributed by atoms with Crippen molar-refractivity contribution in [2.24, 2.45) is 17.8 Å². The predicted octanol–water partition coefficient (Wildman–Crippen LogP) is 1.67. The molecule has 4 heterocycles. The van der Waals surface area contributed by atoms with E-state index in [2.05, 4.69) is 25.8 Å². The van der Waals surface area contributed by atoms with Gasteiger partial charge in [-0.05, 0) is 48.4 Å². The predicted molar refractivity (Wildman–Crippen MR) is 148 cm³/mol. The van der Waals surface area contributed by atoms with Crippen molar-refractivity contribution >= 4 is 46.1 Å². The molecule has 1 saturated carbocycles. The van der Waals surface area contributed by atoms with Crippen LogP contribution in [0.3, 0.4) is 0 Å². The van der Waals surface area contributed by atoms with Gasteiger partial charge in [-0.1, -0.05) is 17.7 Å². The van der Waals surface area contributed by atoms with Crippen LogP contribution in [0.1, 0.15) is 40.5 Å². The first-order valence-electron chi connectivity index (χ1n) is 13.7. The third-order valence-corrected chi connectivity index (χ3v) is 8.70. The Kier molecular flexibility index (Phi) is 6.99. The monoisotopic (exact) mass is 565 g/mol. The lowest BCUT2D eigenvalue weighted by atomic mass is 9.79. The number of likely N-dealkylation sites (tertiary alicyclic amines) is 2. The molecule has 3 aliphatic rings. The van der Waals surface area contributed by atoms with Gasteiger partial charge >= 0.3 is 0 Å². The Labute approximate surface area is 236 Å². The molecule has 4 N–H and O–H groups in total. The first kappa shape index (κ1) is 26.4. The molecule has 210 valence electrons. The minimum absolute atomic E-state index is 0.0685. The van der Waals surface area contributed by atoms with Crippen molar-refractivity contribution < 1.29 is 19.2 Å². The van der Waals surface area contributed by atoms with Gasteiger partial charge in [-0.25, -0.2) is 0 Å². The summed E-state index contributed by atoms with van der Waals surface area (Å²) >= 11 is 6.11. The number of aromatic nitrogens is 3. The summed E-state index contributed by atoms with van der Waals surface area (Å²) in [5.74, 6) is -1.15. The highest BCUT2D eigenvalue weighted by atomic mass is 35.5. The van der Waals surface area contributed by atoms with Crippen LogP contribution < -0.4 is 10.6 Å². The molecule has 12 heteroatoms. The highest BCUT2D eigenvalue weighted by Gasteiger charge is 2.48. The Bertz CT molecular complexity index is 1480. The molecule has 11 nitrogen and oxygen atoms in total. The van der Waals surface area contributed by atoms with Gasteiger partial charge in [0.15, 0.2) is 0 Å². The summed E-state index contributed by atoms with van der Waals surface area (Å²) in [5.41, 5.74) is 3.08. The van der Waals surface area contributed by atoms with Crippen LogP contribution >= 0.6 is 11.6 Å². The van der Waals surface area contributed by atoms with Crippen molar-refractivity contribution in [2.75, 3.05) is 39.8 Å². The Hall–Kier alpha value is -3.86. The molecule has 3 atom stereocenters. The maximum absolute atomic E-state index is 13.6. The average molecular weight is 566 g/mol. The second-order valence-electron chi connectivity index (χ2n) is 11.1. The van der Waals surface area contributed by atoms with Crippen LogP contribution in [0.15, 0.2) is 30.5 Å². The van der Waals surface area contributed by atoms with E-state index >= 15 is 0 Å². The summed E-state index contributed by atoms with van der Waals surface area (Å²) < 4.78 is 0. The maximum Gasteiger partial charge on any atom is 0.274 e. The first-order chi connectivity index (χ1) is 19.3. The molecule has 0 radical (unpaired) electrons. The standard InChI is InChI=1S/C28H32ClN7O4/c1-30-25(37)10-32-27(39)21-14-35(26(38)6-16-9-31-23-7-18(29)4-5-19(16)23)11-17-12-36(13-20(17)21)28(40)24-8-22(33-34-24)15-2-3-15/h4-5,7-9,15,17,20-21,31H,2-3,6,10-14H2,1H3,(H,30,37)(H,32,39)(H,33,34). The number of halogens is 1. The van der Waals surface area contributed by atoms with E-state index < -0.39 is 5.92 Å². The number of rotatable bonds is 7. The van der Waals surface area contributed by atoms with Gasteiger partial charge in [0.05, 0.1) is 18.9 Å². The quantitative estimate of drug-likeness (QED) is 0.345. The molecular weight excluding hydrogens is 534 g/mol. The molecule has 3 aromatic rings. The lowest BCUT2D eigenvalue weighted by molar-refractivity contribution is -0.139. The molecule has 0 spiro atoms. The summed E-state index contributed by atoms with van der Waals surface area (Å²) in [4.78, 5) is 58.7. The van der Waals surface area contributed by atoms with Crippen LogP contribution in [-0.4, -0.2) is 88.4 Å². The van der Waals surface area contributed by atoms with Gasteiger partial charge < -0.3 is 25.4 Å². The molecule has 3 fully saturated rings. The fraction of sp³-hybridized carbons (Fsp3) is 0.464. The van der Waals surface area contributed by atoms with Gasteiger partial charge in [0.25, 0.3) is 5.91 Å². The number of aromatic amines is 2. The zero-order valence-electron chi connectivity index (χ0n) is 22.2. The third kappa shape index (κ3) is 5.17. The summed E-state index contributed by atoms with van der Waals surface area (Å²) in [5, 5.41) is 14.0. The van der Waals surface area contributed by atoms with Crippen LogP contribution in [0.5, 0.6) is 0 Å². The number of likely N-dealkylation sites (N-methyl/N-ethyl adjacent to an activating group) is 1. The molecular formula is C28H32ClN7O4. The number of H-pyrrole nitrogens is 2. The fourth-order valence-electron chi connectivity index (χ4n) is 6.10. The lowest BCUT2D eigenvalue weighted by Crippen LogP contribution is -2.54. The van der Waals surface area contributed by atoms with Crippen LogP contribution in [0.25, 0.3) is 10.9 Å². The van der Waals surface area contributed by atoms with Crippen molar-refractivity contribution in [3.05, 3.63) is 52.4 Å². The van der Waals surface area contributed by atoms with E-state index in [0.29, 0.717) is 36.3 Å². The number of carbonyl (C=O) groups is 4. The van der Waals surface area contributed by atoms with E-state index in [1.165, 1.54) is 7.05 Å². The third-order valence-electron chi connectivity index (χ3n) is 8.46. The number of nitrogens with one attached hydrogen (secondary N) is 4. The number of piperidine rings is 1. The van der Waals surface area contributed by atoms with Crippen molar-refractivity contribution in [2.45, 2.75) is 25.2 Å². The molecule has 2 aliphatic heterocycles. The van der Waals surface area contributed by atoms with E-state index in [9.17, 15) is 19.2 Å². The highest BCUT2D eigenvalue weighted by Crippen LogP contribution is 2.40. The zero-order chi connectivity index (χ0) is 28.0. The van der Waals surface area contributed by atoms with Gasteiger partial charge in [0.2, 0.25) is 17.7 Å². The van der Waals surface area contributed by atoms with Crippen molar-refractivity contribution in [1.82, 2.24) is 35.6 Å². The SMILES string of the molecule is CNC(=O)CNC(=O)C1CN(C(=O)Cc2c[nH]c3cc(Cl)ccc23)CC2CN(C(=O)c3cc(C4CC4)[nH]n3)CC21. The van der Waals surface area contributed by atoms with Gasteiger partial charge in [-0.3, -0.25) is 24.3 Å². The molecule has 0 bridgehead atoms. The minimum Gasteiger partial charge on any atom is -0.361 e. The zero-order valence-corrected chi connectivity index (χ0v) is 23.0. The van der Waals surface area contributed by atoms with Crippen LogP contribution in [0.2, 0.25) is 5.02 Å². The van der Waals surface area contributed by atoms with E-state index in [1.54, 1.807) is 15.9 Å². The average Bonchev–Trinajstić information content (AvgIpc) is 3.33. The molecule has 1 aromatic carbocycles. The Morgan fingerprint density at radius 2 is 1.88 bits per heavy atom. The number of benzene rings is 1. The summed E-state index contributed by atoms with van der Waals surface area (Å²) in [6, 6.07) is 7.34. The molecule has 2 aromatic heterocycles. The number of hydrogen-bond acceptors (Lipinski definition) is 5. The van der Waals surface area contributed by atoms with Crippen molar-refractivity contribution in [3.8, 4) is 0 Å². The fourth-order valence-corrected chi connectivity index (χ4v) is 6.27. The second-order valence-corrected chi connectivity index (χ2v) is 11.5. The van der Waals surface area contributed by atoms with E-state index in [1.807, 2.05) is 24.4 Å². The number of fused-ring (bicyclic) bond motifs is 2. The smallest absolute Gasteiger partial charge is 0.274 e. The highest BCUT2D eigenvalue weighted by molar-refractivity contribution is 6.31. The van der Waals surface area contributed by atoms with E-state index in [4.69, 9.17) is 11.6 Å². The maximum atomic E-state index is 13.6. The number of carbonyl (C=O) groups excluding carboxylic acids is 4. The van der Waals surface area contributed by atoms with Crippen LogP contribution in [0.4, 0.5) is 0 Å². The molecule has 6 rings (SSSR count). The van der Waals surface area contributed by atoms with Gasteiger partial charge in [0.1, 0.15) is 5.69 Å². The molecule has 4 amide bonds. The summed E-state index contributed by atoms with van der Waals surface area (Å²) in [6.07, 6.45) is 4.19. The van der Waals surface area contributed by atoms with Gasteiger partial charge in [-0.2, -0.15) is 5.10 Å². The van der Waals surface area contributed by atoms with Gasteiger partial charge in [-0.15, -0.1) is 0 Å². The molecule has 40 heavy (non-hydrogen) atoms. The topological polar surface area (TPSA) is 143 Å². The molecule has 2 saturated heterocycles. The van der Waals surface area contributed by atoms with Crippen LogP contribution in [-0.2, 0) is 20.8 Å². The van der Waals surface area contributed by atoms with E-state index in [-0.39, 0.29) is 55.0 Å². The number of hydrogen-bond donors (Lipinski definition) is 4. The van der Waals surface area contributed by atoms with Crippen molar-refractivity contribution in [1.29, 1.82) is 0 Å². The Morgan fingerprint density at radius 1 is 1.07 bits per heavy atom. The van der Waals surface area contributed by atoms with E-state index in [0.717, 1.165) is 35.0 Å². The van der Waals surface area contributed by atoms with Crippen molar-refractivity contribution in [3.63, 3.8) is 0 Å². The Balaban J connectivity index is 1.20. The summed E-state index contributed by atoms with van der Waals surface area (Å²) in [6.45, 7) is 1.37. The Morgan fingerprint density at radius 3 is 2.65 bits per heavy atom. The normalized spacial score (nSPS) is 22.3. The number of amides is 4. The largest absolute Gasteiger partial charge is 0.361 e. The summed E-state index contributed by atoms with van der Waals surface area (Å²) in [7, 11) is 1.51. The second kappa shape index (κ2) is 10.6. The van der Waals surface area contributed by atoms with Gasteiger partial charge in [0, 0.05) is 67.0 Å².